The molecule has 0 aliphatic heterocycles. The third-order valence-corrected chi connectivity index (χ3v) is 4.73. The number of nitrogens with one attached hydrogen (secondary N) is 2. The molecule has 0 spiro atoms. The van der Waals surface area contributed by atoms with Gasteiger partial charge in [0.2, 0.25) is 0 Å². The first-order chi connectivity index (χ1) is 13.2. The van der Waals surface area contributed by atoms with Crippen LogP contribution in [0.4, 0.5) is 0 Å². The molecule has 0 radical (unpaired) electrons. The highest BCUT2D eigenvalue weighted by atomic mass is 16.5. The maximum Gasteiger partial charge on any atom is 0.191 e. The van der Waals surface area contributed by atoms with E-state index in [2.05, 4.69) is 46.8 Å². The van der Waals surface area contributed by atoms with E-state index in [-0.39, 0.29) is 0 Å². The summed E-state index contributed by atoms with van der Waals surface area (Å²) in [5, 5.41) is 10.8. The number of ether oxygens (including phenoxy) is 1. The minimum atomic E-state index is 0.470. The van der Waals surface area contributed by atoms with Crippen LogP contribution < -0.4 is 15.4 Å². The number of aliphatic imine (C=N–C) groups is 1. The van der Waals surface area contributed by atoms with Gasteiger partial charge >= 0.3 is 0 Å². The van der Waals surface area contributed by atoms with Gasteiger partial charge in [-0.3, -0.25) is 4.99 Å². The van der Waals surface area contributed by atoms with E-state index in [4.69, 9.17) is 9.26 Å². The Morgan fingerprint density at radius 1 is 1.19 bits per heavy atom. The van der Waals surface area contributed by atoms with Gasteiger partial charge in [0, 0.05) is 25.6 Å². The minimum absolute atomic E-state index is 0.470. The first-order valence-corrected chi connectivity index (χ1v) is 9.73. The fourth-order valence-electron chi connectivity index (χ4n) is 2.99. The quantitative estimate of drug-likeness (QED) is 0.376. The summed E-state index contributed by atoms with van der Waals surface area (Å²) < 4.78 is 10.6. The van der Waals surface area contributed by atoms with Gasteiger partial charge < -0.3 is 19.9 Å². The molecule has 0 unspecified atom stereocenters. The molecule has 6 nitrogen and oxygen atoms in total. The molecule has 0 aliphatic rings. The summed E-state index contributed by atoms with van der Waals surface area (Å²) >= 11 is 0. The highest BCUT2D eigenvalue weighted by molar-refractivity contribution is 5.79. The molecule has 1 heterocycles. The van der Waals surface area contributed by atoms with E-state index < -0.39 is 0 Å². The Balaban J connectivity index is 1.71. The summed E-state index contributed by atoms with van der Waals surface area (Å²) in [6, 6.07) is 10.2. The average molecular weight is 373 g/mol. The molecule has 0 saturated heterocycles. The van der Waals surface area contributed by atoms with Gasteiger partial charge in [0.15, 0.2) is 11.7 Å². The highest BCUT2D eigenvalue weighted by Gasteiger charge is 2.13. The normalized spacial score (nSPS) is 11.7. The maximum absolute atomic E-state index is 5.44. The molecule has 27 heavy (non-hydrogen) atoms. The molecule has 148 valence electrons. The average Bonchev–Trinajstić information content (AvgIpc) is 3.17. The zero-order valence-electron chi connectivity index (χ0n) is 16.9. The molecule has 0 fully saturated rings. The van der Waals surface area contributed by atoms with Crippen LogP contribution in [-0.2, 0) is 13.0 Å². The Hall–Kier alpha value is -2.50. The monoisotopic (exact) mass is 372 g/mol. The topological polar surface area (TPSA) is 71.7 Å². The van der Waals surface area contributed by atoms with Gasteiger partial charge in [-0.05, 0) is 43.4 Å². The number of rotatable bonds is 10. The van der Waals surface area contributed by atoms with E-state index in [9.17, 15) is 0 Å². The molecule has 0 aliphatic carbocycles. The molecule has 2 rings (SSSR count). The van der Waals surface area contributed by atoms with E-state index >= 15 is 0 Å². The Morgan fingerprint density at radius 3 is 2.56 bits per heavy atom. The summed E-state index contributed by atoms with van der Waals surface area (Å²) in [4.78, 5) is 4.26. The van der Waals surface area contributed by atoms with Crippen molar-refractivity contribution in [2.24, 2.45) is 4.99 Å². The van der Waals surface area contributed by atoms with Crippen molar-refractivity contribution < 1.29 is 9.26 Å². The van der Waals surface area contributed by atoms with Crippen LogP contribution in [0.3, 0.4) is 0 Å². The fourth-order valence-corrected chi connectivity index (χ4v) is 2.99. The molecule has 2 N–H and O–H groups in total. The number of nitrogens with zero attached hydrogens (tertiary/aromatic N) is 2. The lowest BCUT2D eigenvalue weighted by Crippen LogP contribution is -2.37. The van der Waals surface area contributed by atoms with Crippen LogP contribution in [0.15, 0.2) is 39.8 Å². The Kier molecular flexibility index (Phi) is 8.68. The van der Waals surface area contributed by atoms with Crippen molar-refractivity contribution >= 4 is 5.96 Å². The zero-order chi connectivity index (χ0) is 19.5. The molecule has 2 aromatic rings. The molecule has 0 bridgehead atoms. The summed E-state index contributed by atoms with van der Waals surface area (Å²) in [5.74, 6) is 2.96. The molecular formula is C21H32N4O2. The summed E-state index contributed by atoms with van der Waals surface area (Å²) in [7, 11) is 3.46. The van der Waals surface area contributed by atoms with E-state index in [0.717, 1.165) is 55.4 Å². The number of methoxy groups -OCH3 is 1. The van der Waals surface area contributed by atoms with Crippen molar-refractivity contribution in [3.8, 4) is 5.75 Å². The molecule has 0 atom stereocenters. The van der Waals surface area contributed by atoms with Crippen LogP contribution in [-0.4, -0.2) is 31.8 Å². The predicted molar refractivity (Wildman–Crippen MR) is 109 cm³/mol. The van der Waals surface area contributed by atoms with E-state index in [0.29, 0.717) is 12.5 Å². The maximum atomic E-state index is 5.44. The summed E-state index contributed by atoms with van der Waals surface area (Å²) in [6.07, 6.45) is 4.18. The van der Waals surface area contributed by atoms with Gasteiger partial charge in [0.1, 0.15) is 5.75 Å². The number of aromatic nitrogens is 1. The molecular weight excluding hydrogens is 340 g/mol. The van der Waals surface area contributed by atoms with Crippen LogP contribution in [0.5, 0.6) is 5.75 Å². The first kappa shape index (κ1) is 20.8. The second-order valence-corrected chi connectivity index (χ2v) is 6.54. The van der Waals surface area contributed by atoms with Crippen LogP contribution in [0, 0.1) is 0 Å². The largest absolute Gasteiger partial charge is 0.497 e. The lowest BCUT2D eigenvalue weighted by molar-refractivity contribution is 0.368. The number of benzene rings is 1. The van der Waals surface area contributed by atoms with Gasteiger partial charge in [-0.25, -0.2) is 0 Å². The van der Waals surface area contributed by atoms with E-state index in [1.165, 1.54) is 5.56 Å². The lowest BCUT2D eigenvalue weighted by Gasteiger charge is -2.10. The van der Waals surface area contributed by atoms with Crippen LogP contribution in [0.1, 0.15) is 56.0 Å². The Bertz CT molecular complexity index is 690. The summed E-state index contributed by atoms with van der Waals surface area (Å²) in [6.45, 7) is 5.78. The highest BCUT2D eigenvalue weighted by Crippen LogP contribution is 2.22. The first-order valence-electron chi connectivity index (χ1n) is 9.73. The molecule has 0 saturated carbocycles. The van der Waals surface area contributed by atoms with Crippen LogP contribution in [0.2, 0.25) is 0 Å². The smallest absolute Gasteiger partial charge is 0.191 e. The number of aryl methyl sites for hydroxylation is 1. The summed E-state index contributed by atoms with van der Waals surface area (Å²) in [5.41, 5.74) is 2.34. The van der Waals surface area contributed by atoms with Crippen molar-refractivity contribution in [1.82, 2.24) is 15.8 Å². The second-order valence-electron chi connectivity index (χ2n) is 6.54. The SMILES string of the molecule is CCC(CC)c1cc(CNC(=NC)NCCCc2ccc(OC)cc2)on1. The number of hydrogen-bond donors (Lipinski definition) is 2. The molecule has 0 amide bonds. The standard InChI is InChI=1S/C21H32N4O2/c1-5-17(6-2)20-14-19(27-25-20)15-24-21(22-3)23-13-7-8-16-9-11-18(26-4)12-10-16/h9-12,14,17H,5-8,13,15H2,1-4H3,(H2,22,23,24). The van der Waals surface area contributed by atoms with Crippen molar-refractivity contribution in [2.75, 3.05) is 20.7 Å². The van der Waals surface area contributed by atoms with Gasteiger partial charge in [-0.15, -0.1) is 0 Å². The third-order valence-electron chi connectivity index (χ3n) is 4.73. The van der Waals surface area contributed by atoms with Gasteiger partial charge in [0.05, 0.1) is 19.3 Å². The van der Waals surface area contributed by atoms with Gasteiger partial charge in [-0.2, -0.15) is 0 Å². The Labute approximate surface area is 162 Å². The number of hydrogen-bond acceptors (Lipinski definition) is 4. The lowest BCUT2D eigenvalue weighted by atomic mass is 9.99. The van der Waals surface area contributed by atoms with Crippen LogP contribution >= 0.6 is 0 Å². The van der Waals surface area contributed by atoms with Crippen molar-refractivity contribution in [3.63, 3.8) is 0 Å². The van der Waals surface area contributed by atoms with Crippen molar-refractivity contribution in [1.29, 1.82) is 0 Å². The van der Waals surface area contributed by atoms with Gasteiger partial charge in [0.25, 0.3) is 0 Å². The van der Waals surface area contributed by atoms with Crippen molar-refractivity contribution in [2.45, 2.75) is 52.0 Å². The molecule has 1 aromatic carbocycles. The molecule has 1 aromatic heterocycles. The Morgan fingerprint density at radius 2 is 1.93 bits per heavy atom. The second kappa shape index (κ2) is 11.3. The predicted octanol–water partition coefficient (Wildman–Crippen LogP) is 3.88. The zero-order valence-corrected chi connectivity index (χ0v) is 16.9. The van der Waals surface area contributed by atoms with Gasteiger partial charge in [-0.1, -0.05) is 31.1 Å². The number of guanidine groups is 1. The minimum Gasteiger partial charge on any atom is -0.497 e. The molecule has 6 heteroatoms. The van der Waals surface area contributed by atoms with Crippen LogP contribution in [0.25, 0.3) is 0 Å². The van der Waals surface area contributed by atoms with E-state index in [1.54, 1.807) is 14.2 Å². The van der Waals surface area contributed by atoms with E-state index in [1.807, 2.05) is 18.2 Å². The van der Waals surface area contributed by atoms with Crippen molar-refractivity contribution in [3.05, 3.63) is 47.3 Å². The third kappa shape index (κ3) is 6.62. The fraction of sp³-hybridized carbons (Fsp3) is 0.524.